The molecule has 9 nitrogen and oxygen atoms in total. The number of hydrogen-bond donors (Lipinski definition) is 1. The Morgan fingerprint density at radius 2 is 1.98 bits per heavy atom. The molecule has 9 rings (SSSR count). The molecule has 4 atom stereocenters. The van der Waals surface area contributed by atoms with E-state index in [0.29, 0.717) is 63.9 Å². The van der Waals surface area contributed by atoms with Crippen LogP contribution in [-0.2, 0) is 6.42 Å². The highest BCUT2D eigenvalue weighted by molar-refractivity contribution is 6.43. The van der Waals surface area contributed by atoms with Gasteiger partial charge in [-0.1, -0.05) is 35.3 Å². The van der Waals surface area contributed by atoms with Gasteiger partial charge in [-0.2, -0.15) is 10.5 Å². The van der Waals surface area contributed by atoms with Crippen molar-refractivity contribution in [2.24, 2.45) is 5.92 Å². The number of nitrogens with one attached hydrogen (secondary N) is 1. The third-order valence-electron chi connectivity index (χ3n) is 10.8. The zero-order valence-corrected chi connectivity index (χ0v) is 29.1. The lowest BCUT2D eigenvalue weighted by Crippen LogP contribution is -2.51. The fourth-order valence-electron chi connectivity index (χ4n) is 8.32. The molecule has 4 fully saturated rings. The van der Waals surface area contributed by atoms with Crippen LogP contribution in [0.2, 0.25) is 10.0 Å². The lowest BCUT2D eigenvalue weighted by atomic mass is 9.79. The first-order chi connectivity index (χ1) is 24.2. The predicted molar refractivity (Wildman–Crippen MR) is 192 cm³/mol. The number of aromatic nitrogens is 3. The molecule has 50 heavy (non-hydrogen) atoms. The number of fused-ring (bicyclic) bond motifs is 4. The molecule has 5 aromatic rings. The molecule has 12 heteroatoms. The number of hydrogen-bond acceptors (Lipinski definition) is 6. The molecule has 2 bridgehead atoms. The zero-order chi connectivity index (χ0) is 34.8. The molecular formula is C38H33Cl2FN8O. The lowest BCUT2D eigenvalue weighted by Gasteiger charge is -2.42. The first kappa shape index (κ1) is 32.5. The highest BCUT2D eigenvalue weighted by atomic mass is 35.5. The fourth-order valence-corrected chi connectivity index (χ4v) is 8.71. The van der Waals surface area contributed by atoms with Crippen LogP contribution in [0.15, 0.2) is 48.7 Å². The number of carbonyl (C=O) groups is 1. The van der Waals surface area contributed by atoms with Gasteiger partial charge < -0.3 is 14.8 Å². The molecule has 1 aliphatic carbocycles. The second kappa shape index (κ2) is 12.5. The van der Waals surface area contributed by atoms with E-state index in [4.69, 9.17) is 28.2 Å². The number of benzene rings is 2. The van der Waals surface area contributed by atoms with Crippen LogP contribution >= 0.6 is 23.2 Å². The Labute approximate surface area is 298 Å². The third-order valence-corrected chi connectivity index (χ3v) is 11.6. The van der Waals surface area contributed by atoms with Gasteiger partial charge in [0.15, 0.2) is 5.82 Å². The summed E-state index contributed by atoms with van der Waals surface area (Å²) in [5.41, 5.74) is 5.06. The average molecular weight is 708 g/mol. The quantitative estimate of drug-likeness (QED) is 0.182. The van der Waals surface area contributed by atoms with E-state index in [1.54, 1.807) is 41.4 Å². The number of carbonyl (C=O) groups excluding carboxylic acids is 1. The number of anilines is 1. The number of nitrogens with zero attached hydrogens (tertiary/aromatic N) is 7. The maximum atomic E-state index is 17.1. The Bertz CT molecular complexity index is 2300. The second-order valence-electron chi connectivity index (χ2n) is 13.4. The summed E-state index contributed by atoms with van der Waals surface area (Å²) in [7, 11) is 0. The maximum Gasteiger partial charge on any atom is 0.325 e. The van der Waals surface area contributed by atoms with Crippen molar-refractivity contribution in [1.82, 2.24) is 24.8 Å². The van der Waals surface area contributed by atoms with Gasteiger partial charge in [0.05, 0.1) is 33.7 Å². The molecule has 6 heterocycles. The Hall–Kier alpha value is -4.74. The molecule has 3 aliphatic heterocycles. The normalized spacial score (nSPS) is 20.6. The van der Waals surface area contributed by atoms with E-state index in [1.807, 2.05) is 17.9 Å². The summed E-state index contributed by atoms with van der Waals surface area (Å²) < 4.78 is 19.4. The topological polar surface area (TPSA) is 114 Å². The van der Waals surface area contributed by atoms with Gasteiger partial charge in [-0.25, -0.2) is 19.2 Å². The summed E-state index contributed by atoms with van der Waals surface area (Å²) in [6, 6.07) is 16.8. The van der Waals surface area contributed by atoms with Gasteiger partial charge in [0, 0.05) is 77.3 Å². The monoisotopic (exact) mass is 706 g/mol. The predicted octanol–water partition coefficient (Wildman–Crippen LogP) is 8.26. The van der Waals surface area contributed by atoms with E-state index in [1.165, 1.54) is 0 Å². The molecule has 4 aliphatic rings. The van der Waals surface area contributed by atoms with Crippen molar-refractivity contribution in [2.45, 2.75) is 57.7 Å². The maximum absolute atomic E-state index is 17.1. The van der Waals surface area contributed by atoms with Crippen molar-refractivity contribution in [2.75, 3.05) is 24.5 Å². The number of halogens is 3. The van der Waals surface area contributed by atoms with Crippen molar-refractivity contribution in [3.8, 4) is 23.3 Å². The molecule has 0 radical (unpaired) electrons. The molecule has 3 saturated heterocycles. The van der Waals surface area contributed by atoms with Crippen LogP contribution < -0.4 is 10.2 Å². The van der Waals surface area contributed by atoms with E-state index in [2.05, 4.69) is 40.0 Å². The number of rotatable bonds is 7. The molecule has 2 amide bonds. The molecular weight excluding hydrogens is 674 g/mol. The number of urea groups is 1. The smallest absolute Gasteiger partial charge is 0.325 e. The average Bonchev–Trinajstić information content (AvgIpc) is 3.86. The van der Waals surface area contributed by atoms with Crippen LogP contribution in [0.25, 0.3) is 32.9 Å². The minimum Gasteiger partial charge on any atom is -0.337 e. The third kappa shape index (κ3) is 5.00. The first-order valence-electron chi connectivity index (χ1n) is 16.9. The largest absolute Gasteiger partial charge is 0.337 e. The van der Waals surface area contributed by atoms with Crippen LogP contribution in [0.5, 0.6) is 0 Å². The highest BCUT2D eigenvalue weighted by Gasteiger charge is 2.49. The summed E-state index contributed by atoms with van der Waals surface area (Å²) >= 11 is 13.0. The van der Waals surface area contributed by atoms with Crippen molar-refractivity contribution in [3.63, 3.8) is 0 Å². The van der Waals surface area contributed by atoms with E-state index in [9.17, 15) is 15.3 Å². The van der Waals surface area contributed by atoms with Gasteiger partial charge in [-0.05, 0) is 74.9 Å². The number of pyridine rings is 2. The van der Waals surface area contributed by atoms with Crippen molar-refractivity contribution in [1.29, 1.82) is 10.5 Å². The number of nitriles is 2. The summed E-state index contributed by atoms with van der Waals surface area (Å²) in [5.74, 6) is -0.107. The van der Waals surface area contributed by atoms with Crippen molar-refractivity contribution < 1.29 is 9.18 Å². The summed E-state index contributed by atoms with van der Waals surface area (Å²) in [4.78, 5) is 26.7. The van der Waals surface area contributed by atoms with Crippen LogP contribution in [0.3, 0.4) is 0 Å². The van der Waals surface area contributed by atoms with Crippen LogP contribution in [0.1, 0.15) is 60.9 Å². The number of aryl methyl sites for hydroxylation is 2. The van der Waals surface area contributed by atoms with Gasteiger partial charge in [-0.3, -0.25) is 4.90 Å². The van der Waals surface area contributed by atoms with Crippen LogP contribution in [0.4, 0.5) is 14.9 Å². The fraction of sp³-hybridized carbons (Fsp3) is 0.342. The second-order valence-corrected chi connectivity index (χ2v) is 14.2. The standard InChI is InChI=1S/C38H33Cl2FN8O/c1-20-27-17-31(21(2)47-12-5-13-48(38(47)50)25-9-11-44-24(16-25)18-43)49(36-23-15-30(36)45-19-23)37(27)28-14-22(6-4-10-42)32(34(41)35(28)46-20)26-7-3-8-29(39)33(26)40/h3,7-9,11,14,16-17,21,23,30,36,45H,4-6,12-13,15,19H2,1-2H3. The first-order valence-corrected chi connectivity index (χ1v) is 17.6. The molecule has 252 valence electrons. The van der Waals surface area contributed by atoms with E-state index < -0.39 is 5.82 Å². The zero-order valence-electron chi connectivity index (χ0n) is 27.6. The highest BCUT2D eigenvalue weighted by Crippen LogP contribution is 2.50. The lowest BCUT2D eigenvalue weighted by molar-refractivity contribution is 0.165. The summed E-state index contributed by atoms with van der Waals surface area (Å²) in [5, 5.41) is 24.8. The minimum absolute atomic E-state index is 0.122. The van der Waals surface area contributed by atoms with Gasteiger partial charge in [0.25, 0.3) is 0 Å². The van der Waals surface area contributed by atoms with Crippen molar-refractivity contribution >= 4 is 56.7 Å². The van der Waals surface area contributed by atoms with Crippen molar-refractivity contribution in [3.05, 3.63) is 87.2 Å². The molecule has 0 spiro atoms. The molecule has 2 aromatic carbocycles. The Morgan fingerprint density at radius 3 is 2.72 bits per heavy atom. The van der Waals surface area contributed by atoms with Gasteiger partial charge in [-0.15, -0.1) is 0 Å². The van der Waals surface area contributed by atoms with Crippen LogP contribution in [0, 0.1) is 41.3 Å². The summed E-state index contributed by atoms with van der Waals surface area (Å²) in [6.45, 7) is 5.94. The van der Waals surface area contributed by atoms with Gasteiger partial charge in [0.2, 0.25) is 0 Å². The molecule has 1 N–H and O–H groups in total. The van der Waals surface area contributed by atoms with Gasteiger partial charge >= 0.3 is 6.03 Å². The minimum atomic E-state index is -0.502. The Kier molecular flexibility index (Phi) is 8.14. The summed E-state index contributed by atoms with van der Waals surface area (Å²) in [6.07, 6.45) is 3.87. The molecule has 4 unspecified atom stereocenters. The van der Waals surface area contributed by atoms with Gasteiger partial charge in [0.1, 0.15) is 17.3 Å². The van der Waals surface area contributed by atoms with E-state index >= 15 is 4.39 Å². The molecule has 3 aromatic heterocycles. The van der Waals surface area contributed by atoms with E-state index in [-0.39, 0.29) is 46.8 Å². The SMILES string of the molecule is Cc1nc2c(F)c(-c3cccc(Cl)c3Cl)c(CCC#N)cc2c2c1cc(C(C)N1CCCN(c3ccnc(C#N)c3)C1=O)n2C1C2CNC1C2. The van der Waals surface area contributed by atoms with Crippen LogP contribution in [-0.4, -0.2) is 51.1 Å². The Balaban J connectivity index is 1.33. The molecule has 1 saturated carbocycles. The number of amides is 2. The Morgan fingerprint density at radius 1 is 1.14 bits per heavy atom. The van der Waals surface area contributed by atoms with E-state index in [0.717, 1.165) is 36.0 Å².